The number of nitrogen functional groups attached to an aromatic ring is 1. The lowest BCUT2D eigenvalue weighted by Crippen LogP contribution is -2.43. The van der Waals surface area contributed by atoms with Gasteiger partial charge in [-0.15, -0.1) is 0 Å². The molecule has 15 heteroatoms. The van der Waals surface area contributed by atoms with Crippen molar-refractivity contribution >= 4 is 32.8 Å². The van der Waals surface area contributed by atoms with E-state index < -0.39 is 21.6 Å². The number of phosphoric acid groups is 2. The van der Waals surface area contributed by atoms with Gasteiger partial charge in [-0.05, 0) is 50.5 Å². The Morgan fingerprint density at radius 1 is 0.900 bits per heavy atom. The Morgan fingerprint density at radius 2 is 1.45 bits per heavy atom. The number of aryl methyl sites for hydroxylation is 2. The number of anilines is 1. The van der Waals surface area contributed by atoms with Crippen LogP contribution in [0, 0.1) is 25.7 Å². The van der Waals surface area contributed by atoms with Gasteiger partial charge >= 0.3 is 15.6 Å². The van der Waals surface area contributed by atoms with Gasteiger partial charge in [-0.3, -0.25) is 18.8 Å². The first-order valence-electron chi connectivity index (χ1n) is 12.4. The van der Waals surface area contributed by atoms with E-state index in [0.29, 0.717) is 17.6 Å². The number of benzene rings is 2. The van der Waals surface area contributed by atoms with E-state index in [9.17, 15) is 18.9 Å². The summed E-state index contributed by atoms with van der Waals surface area (Å²) in [6.07, 6.45) is 3.55. The minimum Gasteiger partial charge on any atom is -0.404 e. The van der Waals surface area contributed by atoms with Gasteiger partial charge in [0.05, 0.1) is 25.7 Å². The third-order valence-electron chi connectivity index (χ3n) is 6.70. The lowest BCUT2D eigenvalue weighted by atomic mass is 9.70. The first-order chi connectivity index (χ1) is 19.0. The summed E-state index contributed by atoms with van der Waals surface area (Å²) in [7, 11) is -8.93. The molecule has 4 aromatic rings. The van der Waals surface area contributed by atoms with Crippen molar-refractivity contribution in [3.8, 4) is 11.5 Å². The first-order valence-corrected chi connectivity index (χ1v) is 15.4. The molecule has 1 aliphatic carbocycles. The molecule has 0 saturated heterocycles. The molecule has 212 valence electrons. The molecule has 0 spiro atoms. The fourth-order valence-corrected chi connectivity index (χ4v) is 6.13. The highest BCUT2D eigenvalue weighted by atomic mass is 31.2. The largest absolute Gasteiger partial charge is 0.527 e. The molecule has 0 amide bonds. The van der Waals surface area contributed by atoms with Gasteiger partial charge in [-0.1, -0.05) is 35.4 Å². The van der Waals surface area contributed by atoms with Crippen molar-refractivity contribution < 1.29 is 37.0 Å². The highest BCUT2D eigenvalue weighted by molar-refractivity contribution is 7.48. The van der Waals surface area contributed by atoms with E-state index >= 15 is 0 Å². The molecule has 1 aliphatic rings. The Labute approximate surface area is 230 Å². The van der Waals surface area contributed by atoms with Crippen LogP contribution >= 0.6 is 15.6 Å². The quantitative estimate of drug-likeness (QED) is 0.207. The second-order valence-corrected chi connectivity index (χ2v) is 12.4. The van der Waals surface area contributed by atoms with Gasteiger partial charge in [0, 0.05) is 12.0 Å². The summed E-state index contributed by atoms with van der Waals surface area (Å²) in [5, 5.41) is 0. The zero-order valence-corrected chi connectivity index (χ0v) is 23.5. The van der Waals surface area contributed by atoms with Crippen molar-refractivity contribution in [2.45, 2.75) is 26.3 Å². The predicted octanol–water partition coefficient (Wildman–Crippen LogP) is 4.59. The molecule has 2 heterocycles. The highest BCUT2D eigenvalue weighted by Crippen LogP contribution is 2.52. The number of hydrogen-bond donors (Lipinski definition) is 3. The van der Waals surface area contributed by atoms with E-state index in [1.54, 1.807) is 59.4 Å². The molecule has 1 fully saturated rings. The minimum absolute atomic E-state index is 0.0714. The van der Waals surface area contributed by atoms with Crippen LogP contribution in [0.25, 0.3) is 11.2 Å². The predicted molar refractivity (Wildman–Crippen MR) is 146 cm³/mol. The topological polar surface area (TPSA) is 181 Å². The van der Waals surface area contributed by atoms with E-state index in [1.165, 1.54) is 6.20 Å². The zero-order valence-electron chi connectivity index (χ0n) is 21.7. The maximum absolute atomic E-state index is 12.7. The molecule has 0 bridgehead atoms. The van der Waals surface area contributed by atoms with Gasteiger partial charge in [0.25, 0.3) is 0 Å². The van der Waals surface area contributed by atoms with Crippen molar-refractivity contribution in [2.75, 3.05) is 18.9 Å². The van der Waals surface area contributed by atoms with E-state index in [1.807, 2.05) is 13.8 Å². The molecule has 1 saturated carbocycles. The number of hydrogen-bond acceptors (Lipinski definition) is 10. The number of phosphoric ester groups is 2. The van der Waals surface area contributed by atoms with Crippen LogP contribution in [0.5, 0.6) is 11.5 Å². The second kappa shape index (κ2) is 11.3. The van der Waals surface area contributed by atoms with Crippen molar-refractivity contribution in [1.82, 2.24) is 19.5 Å². The van der Waals surface area contributed by atoms with E-state index in [0.717, 1.165) is 11.1 Å². The highest BCUT2D eigenvalue weighted by Gasteiger charge is 2.45. The second-order valence-electron chi connectivity index (χ2n) is 9.65. The van der Waals surface area contributed by atoms with Crippen LogP contribution in [0.1, 0.15) is 23.6 Å². The Hall–Kier alpha value is -3.31. The number of fused-ring (bicyclic) bond motifs is 1. The lowest BCUT2D eigenvalue weighted by Gasteiger charge is -2.45. The number of aromatic nitrogens is 4. The third kappa shape index (κ3) is 6.69. The van der Waals surface area contributed by atoms with E-state index in [4.69, 9.17) is 23.8 Å². The molecular weight excluding hydrogens is 560 g/mol. The summed E-state index contributed by atoms with van der Waals surface area (Å²) in [6, 6.07) is 13.0. The van der Waals surface area contributed by atoms with Crippen molar-refractivity contribution in [1.29, 1.82) is 0 Å². The zero-order chi connectivity index (χ0) is 28.5. The smallest absolute Gasteiger partial charge is 0.404 e. The van der Waals surface area contributed by atoms with Crippen LogP contribution in [0.3, 0.4) is 0 Å². The standard InChI is InChI=1S/C25H29N5O8P2/c1-16-3-7-19(8-4-16)37-39(31,32)35-13-18-11-23(30-15-28-22-12-27-25(26)29-24(22)30)21(18)14-36-40(33,34)38-20-9-5-17(2)6-10-20/h3-10,12,15,18,21,23H,11,13-14H2,1-2H3,(H,31,32)(H,33,34)(H2,26,27,29). The van der Waals surface area contributed by atoms with Crippen LogP contribution < -0.4 is 14.8 Å². The van der Waals surface area contributed by atoms with Crippen LogP contribution in [0.4, 0.5) is 5.95 Å². The van der Waals surface area contributed by atoms with Crippen molar-refractivity contribution in [3.05, 3.63) is 72.2 Å². The Balaban J connectivity index is 1.30. The molecule has 2 aromatic carbocycles. The molecule has 5 rings (SSSR count). The summed E-state index contributed by atoms with van der Waals surface area (Å²) in [6.45, 7) is 3.39. The fraction of sp³-hybridized carbons (Fsp3) is 0.320. The van der Waals surface area contributed by atoms with E-state index in [-0.39, 0.29) is 42.6 Å². The van der Waals surface area contributed by atoms with Gasteiger partial charge in [-0.2, -0.15) is 4.98 Å². The molecule has 5 unspecified atom stereocenters. The Kier molecular flexibility index (Phi) is 7.96. The SMILES string of the molecule is Cc1ccc(OP(=O)(O)OCC2CC(n3cnc4cnc(N)nc43)C2COP(=O)(O)Oc2ccc(C)cc2)cc1. The summed E-state index contributed by atoms with van der Waals surface area (Å²) >= 11 is 0. The summed E-state index contributed by atoms with van der Waals surface area (Å²) < 4.78 is 48.2. The number of nitrogens with zero attached hydrogens (tertiary/aromatic N) is 4. The van der Waals surface area contributed by atoms with Crippen LogP contribution in [0.15, 0.2) is 61.1 Å². The molecular formula is C25H29N5O8P2. The fourth-order valence-electron chi connectivity index (χ4n) is 4.51. The van der Waals surface area contributed by atoms with Gasteiger partial charge in [-0.25, -0.2) is 19.1 Å². The monoisotopic (exact) mass is 589 g/mol. The number of rotatable bonds is 11. The van der Waals surface area contributed by atoms with Crippen molar-refractivity contribution in [3.63, 3.8) is 0 Å². The van der Waals surface area contributed by atoms with Gasteiger partial charge < -0.3 is 19.3 Å². The van der Waals surface area contributed by atoms with E-state index in [2.05, 4.69) is 15.0 Å². The summed E-state index contributed by atoms with van der Waals surface area (Å²) in [5.74, 6) is -0.316. The Bertz CT molecular complexity index is 1580. The average Bonchev–Trinajstić information content (AvgIpc) is 3.28. The van der Waals surface area contributed by atoms with Crippen LogP contribution in [0.2, 0.25) is 0 Å². The molecule has 0 aliphatic heterocycles. The molecule has 5 atom stereocenters. The van der Waals surface area contributed by atoms with Crippen molar-refractivity contribution in [2.24, 2.45) is 11.8 Å². The maximum atomic E-state index is 12.7. The van der Waals surface area contributed by atoms with Gasteiger partial charge in [0.2, 0.25) is 5.95 Å². The average molecular weight is 589 g/mol. The number of imidazole rings is 1. The van der Waals surface area contributed by atoms with Crippen LogP contribution in [-0.2, 0) is 18.2 Å². The lowest BCUT2D eigenvalue weighted by molar-refractivity contribution is -0.00444. The normalized spacial score (nSPS) is 21.8. The number of nitrogens with two attached hydrogens (primary N) is 1. The van der Waals surface area contributed by atoms with Crippen LogP contribution in [-0.4, -0.2) is 42.5 Å². The molecule has 13 nitrogen and oxygen atoms in total. The molecule has 2 aromatic heterocycles. The van der Waals surface area contributed by atoms with Gasteiger partial charge in [0.15, 0.2) is 5.65 Å². The third-order valence-corrected chi connectivity index (χ3v) is 8.53. The first kappa shape index (κ1) is 28.2. The Morgan fingerprint density at radius 3 is 2.02 bits per heavy atom. The molecule has 4 N–H and O–H groups in total. The van der Waals surface area contributed by atoms with Gasteiger partial charge in [0.1, 0.15) is 17.0 Å². The maximum Gasteiger partial charge on any atom is 0.527 e. The molecule has 40 heavy (non-hydrogen) atoms. The minimum atomic E-state index is -4.49. The molecule has 0 radical (unpaired) electrons. The summed E-state index contributed by atoms with van der Waals surface area (Å²) in [4.78, 5) is 33.2. The summed E-state index contributed by atoms with van der Waals surface area (Å²) in [5.41, 5.74) is 8.71.